The number of hydrogen-bond donors (Lipinski definition) is 2. The van der Waals surface area contributed by atoms with E-state index in [1.165, 1.54) is 24.0 Å². The Bertz CT molecular complexity index is 840. The average Bonchev–Trinajstić information content (AvgIpc) is 3.26. The maximum atomic E-state index is 10.4. The number of piperazine rings is 1. The fraction of sp³-hybridized carbons (Fsp3) is 0.520. The number of rotatable bonds is 7. The second kappa shape index (κ2) is 9.38. The lowest BCUT2D eigenvalue weighted by Crippen LogP contribution is -2.43. The van der Waals surface area contributed by atoms with E-state index in [0.717, 1.165) is 63.4 Å². The number of nitrogens with one attached hydrogen (secondary N) is 1. The number of likely N-dealkylation sites (N-methyl/N-ethyl adjacent to an activating group) is 1. The third-order valence-electron chi connectivity index (χ3n) is 6.84. The number of aromatic hydroxyl groups is 1. The number of ether oxygens (including phenoxy) is 1. The van der Waals surface area contributed by atoms with Crippen LogP contribution in [0.4, 0.5) is 0 Å². The van der Waals surface area contributed by atoms with Crippen LogP contribution in [0, 0.1) is 0 Å². The summed E-state index contributed by atoms with van der Waals surface area (Å²) < 4.78 is 5.68. The molecule has 0 amide bonds. The van der Waals surface area contributed by atoms with Gasteiger partial charge in [0.25, 0.3) is 0 Å². The third kappa shape index (κ3) is 4.64. The molecule has 0 radical (unpaired) electrons. The number of phenols is 1. The first-order valence-corrected chi connectivity index (χ1v) is 11.2. The number of benzene rings is 2. The van der Waals surface area contributed by atoms with E-state index in [2.05, 4.69) is 46.4 Å². The Hall–Kier alpha value is -2.08. The summed E-state index contributed by atoms with van der Waals surface area (Å²) in [6.45, 7) is 5.87. The van der Waals surface area contributed by atoms with Crippen LogP contribution in [0.3, 0.4) is 0 Å². The summed E-state index contributed by atoms with van der Waals surface area (Å²) in [5.74, 6) is 1.37. The van der Waals surface area contributed by atoms with Gasteiger partial charge in [0.1, 0.15) is 11.5 Å². The molecular weight excluding hydrogens is 374 g/mol. The zero-order chi connectivity index (χ0) is 21.0. The molecule has 1 saturated heterocycles. The molecule has 0 bridgehead atoms. The van der Waals surface area contributed by atoms with Crippen molar-refractivity contribution in [1.29, 1.82) is 0 Å². The lowest BCUT2D eigenvalue weighted by Gasteiger charge is -2.33. The van der Waals surface area contributed by atoms with E-state index in [1.807, 2.05) is 18.2 Å². The second-order valence-electron chi connectivity index (χ2n) is 8.89. The van der Waals surface area contributed by atoms with Gasteiger partial charge in [-0.05, 0) is 43.7 Å². The predicted octanol–water partition coefficient (Wildman–Crippen LogP) is 3.71. The summed E-state index contributed by atoms with van der Waals surface area (Å²) in [5, 5.41) is 14.3. The first-order valence-electron chi connectivity index (χ1n) is 11.2. The topological polar surface area (TPSA) is 48.0 Å². The Kier molecular flexibility index (Phi) is 6.61. The Balaban J connectivity index is 1.48. The minimum atomic E-state index is -0.0396. The zero-order valence-corrected chi connectivity index (χ0v) is 18.4. The maximum Gasteiger partial charge on any atom is 0.123 e. The molecule has 2 aromatic rings. The molecule has 2 aromatic carbocycles. The minimum Gasteiger partial charge on any atom is -0.508 e. The van der Waals surface area contributed by atoms with Crippen LogP contribution in [0.25, 0.3) is 0 Å². The van der Waals surface area contributed by atoms with E-state index >= 15 is 0 Å². The minimum absolute atomic E-state index is 0.0396. The lowest BCUT2D eigenvalue weighted by atomic mass is 9.87. The van der Waals surface area contributed by atoms with Gasteiger partial charge in [-0.2, -0.15) is 0 Å². The molecule has 0 spiro atoms. The monoisotopic (exact) mass is 409 g/mol. The largest absolute Gasteiger partial charge is 0.508 e. The quantitative estimate of drug-likeness (QED) is 0.730. The SMILES string of the molecule is COc1ccccc1C1(NCc2ccc(O)c(CN3CCN(C)CC3)c2)CCCC1. The van der Waals surface area contributed by atoms with Crippen molar-refractivity contribution in [2.24, 2.45) is 0 Å². The van der Waals surface area contributed by atoms with Crippen LogP contribution in [0.2, 0.25) is 0 Å². The van der Waals surface area contributed by atoms with Gasteiger partial charge in [-0.1, -0.05) is 37.1 Å². The van der Waals surface area contributed by atoms with Crippen LogP contribution in [0.5, 0.6) is 11.5 Å². The predicted molar refractivity (Wildman–Crippen MR) is 121 cm³/mol. The number of phenolic OH excluding ortho intramolecular Hbond substituents is 1. The van der Waals surface area contributed by atoms with E-state index in [1.54, 1.807) is 7.11 Å². The summed E-state index contributed by atoms with van der Waals surface area (Å²) >= 11 is 0. The first-order chi connectivity index (χ1) is 14.6. The van der Waals surface area contributed by atoms with Crippen molar-refractivity contribution in [3.8, 4) is 11.5 Å². The summed E-state index contributed by atoms with van der Waals surface area (Å²) in [4.78, 5) is 4.79. The molecule has 0 atom stereocenters. The normalized spacial score (nSPS) is 19.8. The Morgan fingerprint density at radius 1 is 1.03 bits per heavy atom. The Morgan fingerprint density at radius 3 is 2.50 bits per heavy atom. The van der Waals surface area contributed by atoms with Crippen molar-refractivity contribution < 1.29 is 9.84 Å². The van der Waals surface area contributed by atoms with Gasteiger partial charge in [0.2, 0.25) is 0 Å². The molecule has 0 unspecified atom stereocenters. The highest BCUT2D eigenvalue weighted by atomic mass is 16.5. The summed E-state index contributed by atoms with van der Waals surface area (Å²) in [5.41, 5.74) is 3.47. The molecule has 162 valence electrons. The van der Waals surface area contributed by atoms with Gasteiger partial charge in [-0.25, -0.2) is 0 Å². The smallest absolute Gasteiger partial charge is 0.123 e. The van der Waals surface area contributed by atoms with Crippen LogP contribution < -0.4 is 10.1 Å². The highest BCUT2D eigenvalue weighted by Crippen LogP contribution is 2.42. The van der Waals surface area contributed by atoms with Crippen LogP contribution >= 0.6 is 0 Å². The molecule has 0 aromatic heterocycles. The zero-order valence-electron chi connectivity index (χ0n) is 18.4. The third-order valence-corrected chi connectivity index (χ3v) is 6.84. The number of methoxy groups -OCH3 is 1. The number of hydrogen-bond acceptors (Lipinski definition) is 5. The molecule has 1 saturated carbocycles. The molecule has 1 heterocycles. The summed E-state index contributed by atoms with van der Waals surface area (Å²) in [6.07, 6.45) is 4.71. The molecule has 30 heavy (non-hydrogen) atoms. The van der Waals surface area contributed by atoms with Gasteiger partial charge in [-0.3, -0.25) is 4.90 Å². The van der Waals surface area contributed by atoms with Crippen molar-refractivity contribution in [2.75, 3.05) is 40.3 Å². The molecule has 2 aliphatic rings. The van der Waals surface area contributed by atoms with Crippen molar-refractivity contribution >= 4 is 0 Å². The van der Waals surface area contributed by atoms with Crippen molar-refractivity contribution in [1.82, 2.24) is 15.1 Å². The van der Waals surface area contributed by atoms with Gasteiger partial charge >= 0.3 is 0 Å². The first kappa shape index (κ1) is 21.2. The van der Waals surface area contributed by atoms with Gasteiger partial charge in [0.15, 0.2) is 0 Å². The number of para-hydroxylation sites is 1. The van der Waals surface area contributed by atoms with Crippen LogP contribution in [0.1, 0.15) is 42.4 Å². The molecule has 2 fully saturated rings. The molecule has 5 nitrogen and oxygen atoms in total. The number of nitrogens with zero attached hydrogens (tertiary/aromatic N) is 2. The lowest BCUT2D eigenvalue weighted by molar-refractivity contribution is 0.147. The van der Waals surface area contributed by atoms with E-state index in [4.69, 9.17) is 4.74 Å². The van der Waals surface area contributed by atoms with Crippen LogP contribution in [0.15, 0.2) is 42.5 Å². The summed E-state index contributed by atoms with van der Waals surface area (Å²) in [7, 11) is 3.92. The van der Waals surface area contributed by atoms with E-state index in [-0.39, 0.29) is 5.54 Å². The summed E-state index contributed by atoms with van der Waals surface area (Å²) in [6, 6.07) is 14.5. The van der Waals surface area contributed by atoms with Gasteiger partial charge in [0, 0.05) is 55.9 Å². The van der Waals surface area contributed by atoms with E-state index in [0.29, 0.717) is 5.75 Å². The highest BCUT2D eigenvalue weighted by Gasteiger charge is 2.37. The highest BCUT2D eigenvalue weighted by molar-refractivity contribution is 5.41. The standard InChI is InChI=1S/C25H35N3O2/c1-27-13-15-28(16-14-27)19-21-17-20(9-10-23(21)29)18-26-25(11-5-6-12-25)22-7-3-4-8-24(22)30-2/h3-4,7-10,17,26,29H,5-6,11-16,18-19H2,1-2H3. The van der Waals surface area contributed by atoms with Gasteiger partial charge in [-0.15, -0.1) is 0 Å². The van der Waals surface area contributed by atoms with Gasteiger partial charge < -0.3 is 20.1 Å². The van der Waals surface area contributed by atoms with Gasteiger partial charge in [0.05, 0.1) is 7.11 Å². The van der Waals surface area contributed by atoms with Crippen LogP contribution in [-0.2, 0) is 18.6 Å². The molecule has 2 N–H and O–H groups in total. The van der Waals surface area contributed by atoms with Crippen molar-refractivity contribution in [3.63, 3.8) is 0 Å². The fourth-order valence-electron chi connectivity index (χ4n) is 4.95. The van der Waals surface area contributed by atoms with E-state index < -0.39 is 0 Å². The van der Waals surface area contributed by atoms with Crippen molar-refractivity contribution in [2.45, 2.75) is 44.3 Å². The maximum absolute atomic E-state index is 10.4. The Labute approximate surface area is 180 Å². The second-order valence-corrected chi connectivity index (χ2v) is 8.89. The molecule has 1 aliphatic heterocycles. The van der Waals surface area contributed by atoms with E-state index in [9.17, 15) is 5.11 Å². The molecule has 4 rings (SSSR count). The van der Waals surface area contributed by atoms with Crippen molar-refractivity contribution in [3.05, 3.63) is 59.2 Å². The molecule has 5 heteroatoms. The molecular formula is C25H35N3O2. The fourth-order valence-corrected chi connectivity index (χ4v) is 4.95. The molecule has 1 aliphatic carbocycles. The van der Waals surface area contributed by atoms with Crippen LogP contribution in [-0.4, -0.2) is 55.2 Å². The Morgan fingerprint density at radius 2 is 1.77 bits per heavy atom. The average molecular weight is 410 g/mol.